The highest BCUT2D eigenvalue weighted by Crippen LogP contribution is 2.26. The van der Waals surface area contributed by atoms with Crippen LogP contribution in [0.25, 0.3) is 5.69 Å². The topological polar surface area (TPSA) is 67.2 Å². The molecule has 172 valence electrons. The Balaban J connectivity index is 1.48. The van der Waals surface area contributed by atoms with Crippen LogP contribution >= 0.6 is 23.2 Å². The first-order valence-electron chi connectivity index (χ1n) is 10.6. The minimum Gasteiger partial charge on any atom is -0.348 e. The van der Waals surface area contributed by atoms with Crippen molar-refractivity contribution in [2.45, 2.75) is 38.8 Å². The van der Waals surface area contributed by atoms with E-state index in [0.717, 1.165) is 23.4 Å². The second-order valence-corrected chi connectivity index (χ2v) is 8.99. The summed E-state index contributed by atoms with van der Waals surface area (Å²) in [5.74, 6) is -0.819. The Labute approximate surface area is 201 Å². The van der Waals surface area contributed by atoms with Gasteiger partial charge in [0.2, 0.25) is 5.91 Å². The lowest BCUT2D eigenvalue weighted by molar-refractivity contribution is -0.125. The molecule has 1 saturated heterocycles. The molecule has 9 heteroatoms. The van der Waals surface area contributed by atoms with E-state index >= 15 is 0 Å². The number of nitrogens with one attached hydrogen (secondary N) is 1. The van der Waals surface area contributed by atoms with Crippen LogP contribution in [0, 0.1) is 12.7 Å². The molecule has 2 unspecified atom stereocenters. The van der Waals surface area contributed by atoms with Crippen molar-refractivity contribution in [2.75, 3.05) is 6.54 Å². The maximum atomic E-state index is 13.2. The molecule has 0 bridgehead atoms. The second-order valence-electron chi connectivity index (χ2n) is 8.12. The van der Waals surface area contributed by atoms with Gasteiger partial charge in [0, 0.05) is 33.4 Å². The second kappa shape index (κ2) is 9.53. The van der Waals surface area contributed by atoms with Crippen LogP contribution < -0.4 is 5.32 Å². The number of carbonyl (C=O) groups is 2. The number of carbonyl (C=O) groups excluding carboxylic acids is 2. The molecule has 2 heterocycles. The van der Waals surface area contributed by atoms with Crippen LogP contribution in [-0.4, -0.2) is 39.1 Å². The van der Waals surface area contributed by atoms with Crippen LogP contribution in [0.5, 0.6) is 0 Å². The predicted octanol–water partition coefficient (Wildman–Crippen LogP) is 5.11. The number of halogens is 3. The zero-order valence-corrected chi connectivity index (χ0v) is 19.7. The van der Waals surface area contributed by atoms with Gasteiger partial charge in [0.05, 0.1) is 17.9 Å². The average molecular weight is 489 g/mol. The van der Waals surface area contributed by atoms with Gasteiger partial charge in [-0.15, -0.1) is 0 Å². The Bertz CT molecular complexity index is 1180. The van der Waals surface area contributed by atoms with Crippen LogP contribution in [0.3, 0.4) is 0 Å². The number of nitrogens with zero attached hydrogens (tertiary/aromatic N) is 3. The van der Waals surface area contributed by atoms with Crippen molar-refractivity contribution in [1.82, 2.24) is 20.0 Å². The summed E-state index contributed by atoms with van der Waals surface area (Å²) >= 11 is 12.1. The zero-order valence-electron chi connectivity index (χ0n) is 18.2. The molecule has 2 atom stereocenters. The molecular formula is C24H23Cl2FN4O2. The highest BCUT2D eigenvalue weighted by molar-refractivity contribution is 6.35. The van der Waals surface area contributed by atoms with Gasteiger partial charge in [-0.05, 0) is 69.2 Å². The van der Waals surface area contributed by atoms with Gasteiger partial charge >= 0.3 is 0 Å². The summed E-state index contributed by atoms with van der Waals surface area (Å²) in [5.41, 5.74) is 2.76. The Morgan fingerprint density at radius 2 is 1.82 bits per heavy atom. The summed E-state index contributed by atoms with van der Waals surface area (Å²) < 4.78 is 14.9. The molecule has 33 heavy (non-hydrogen) atoms. The van der Waals surface area contributed by atoms with Crippen molar-refractivity contribution in [3.05, 3.63) is 81.3 Å². The smallest absolute Gasteiger partial charge is 0.254 e. The van der Waals surface area contributed by atoms with Gasteiger partial charge in [0.1, 0.15) is 11.9 Å². The van der Waals surface area contributed by atoms with Gasteiger partial charge in [0.15, 0.2) is 0 Å². The standard InChI is InChI=1S/C24H23Cl2FN4O2/c1-14(21-13-28-31(15(21)2)20-7-5-19(27)6-8-20)29-23(32)22-4-3-9-30(22)24(33)16-10-17(25)12-18(26)11-16/h5-8,10-14,22H,3-4,9H2,1-2H3,(H,29,32). The molecule has 0 radical (unpaired) electrons. The maximum absolute atomic E-state index is 13.2. The molecule has 3 aromatic rings. The monoisotopic (exact) mass is 488 g/mol. The van der Waals surface area contributed by atoms with E-state index in [1.807, 2.05) is 13.8 Å². The third kappa shape index (κ3) is 4.89. The molecule has 0 aliphatic carbocycles. The molecule has 0 saturated carbocycles. The van der Waals surface area contributed by atoms with Crippen LogP contribution in [0.2, 0.25) is 10.0 Å². The Morgan fingerprint density at radius 1 is 1.15 bits per heavy atom. The van der Waals surface area contributed by atoms with E-state index in [9.17, 15) is 14.0 Å². The molecule has 1 fully saturated rings. The highest BCUT2D eigenvalue weighted by atomic mass is 35.5. The molecule has 1 aromatic heterocycles. The van der Waals surface area contributed by atoms with E-state index in [-0.39, 0.29) is 23.7 Å². The summed E-state index contributed by atoms with van der Waals surface area (Å²) in [4.78, 5) is 27.7. The SMILES string of the molecule is Cc1c(C(C)NC(=O)C2CCCN2C(=O)c2cc(Cl)cc(Cl)c2)cnn1-c1ccc(F)cc1. The van der Waals surface area contributed by atoms with Crippen LogP contribution in [0.1, 0.15) is 47.4 Å². The third-order valence-corrected chi connectivity index (χ3v) is 6.31. The molecule has 1 N–H and O–H groups in total. The van der Waals surface area contributed by atoms with Crippen LogP contribution in [-0.2, 0) is 4.79 Å². The number of hydrogen-bond donors (Lipinski definition) is 1. The molecule has 2 amide bonds. The van der Waals surface area contributed by atoms with E-state index in [0.29, 0.717) is 28.6 Å². The molecule has 1 aliphatic heterocycles. The fourth-order valence-corrected chi connectivity index (χ4v) is 4.73. The van der Waals surface area contributed by atoms with Crippen molar-refractivity contribution in [1.29, 1.82) is 0 Å². The minimum atomic E-state index is -0.579. The molecule has 6 nitrogen and oxygen atoms in total. The number of aromatic nitrogens is 2. The minimum absolute atomic E-state index is 0.226. The van der Waals surface area contributed by atoms with E-state index < -0.39 is 6.04 Å². The molecule has 2 aromatic carbocycles. The quantitative estimate of drug-likeness (QED) is 0.542. The fourth-order valence-electron chi connectivity index (χ4n) is 4.20. The zero-order chi connectivity index (χ0) is 23.7. The number of likely N-dealkylation sites (tertiary alicyclic amines) is 1. The van der Waals surface area contributed by atoms with Gasteiger partial charge in [-0.1, -0.05) is 23.2 Å². The van der Waals surface area contributed by atoms with Gasteiger partial charge in [-0.2, -0.15) is 5.10 Å². The van der Waals surface area contributed by atoms with Gasteiger partial charge in [-0.3, -0.25) is 9.59 Å². The first-order valence-corrected chi connectivity index (χ1v) is 11.4. The first kappa shape index (κ1) is 23.3. The lowest BCUT2D eigenvalue weighted by Gasteiger charge is -2.26. The lowest BCUT2D eigenvalue weighted by atomic mass is 10.1. The van der Waals surface area contributed by atoms with Crippen molar-refractivity contribution in [3.63, 3.8) is 0 Å². The third-order valence-electron chi connectivity index (χ3n) is 5.87. The normalized spacial score (nSPS) is 16.6. The highest BCUT2D eigenvalue weighted by Gasteiger charge is 2.35. The summed E-state index contributed by atoms with van der Waals surface area (Å²) in [6, 6.07) is 9.80. The van der Waals surface area contributed by atoms with E-state index in [4.69, 9.17) is 23.2 Å². The van der Waals surface area contributed by atoms with Gasteiger partial charge in [0.25, 0.3) is 5.91 Å². The van der Waals surface area contributed by atoms with Gasteiger partial charge < -0.3 is 10.2 Å². The molecular weight excluding hydrogens is 466 g/mol. The summed E-state index contributed by atoms with van der Waals surface area (Å²) in [5, 5.41) is 8.15. The van der Waals surface area contributed by atoms with E-state index in [2.05, 4.69) is 10.4 Å². The summed E-state index contributed by atoms with van der Waals surface area (Å²) in [6.45, 7) is 4.24. The molecule has 0 spiro atoms. The maximum Gasteiger partial charge on any atom is 0.254 e. The van der Waals surface area contributed by atoms with Crippen molar-refractivity contribution < 1.29 is 14.0 Å². The van der Waals surface area contributed by atoms with Crippen molar-refractivity contribution in [2.24, 2.45) is 0 Å². The van der Waals surface area contributed by atoms with E-state index in [1.54, 1.807) is 46.1 Å². The number of rotatable bonds is 5. The van der Waals surface area contributed by atoms with Crippen LogP contribution in [0.15, 0.2) is 48.7 Å². The number of hydrogen-bond acceptors (Lipinski definition) is 3. The first-order chi connectivity index (χ1) is 15.7. The average Bonchev–Trinajstić information content (AvgIpc) is 3.40. The Morgan fingerprint density at radius 3 is 2.48 bits per heavy atom. The number of benzene rings is 2. The van der Waals surface area contributed by atoms with Gasteiger partial charge in [-0.25, -0.2) is 9.07 Å². The lowest BCUT2D eigenvalue weighted by Crippen LogP contribution is -2.46. The molecule has 1 aliphatic rings. The Kier molecular flexibility index (Phi) is 6.72. The fraction of sp³-hybridized carbons (Fsp3) is 0.292. The van der Waals surface area contributed by atoms with E-state index in [1.165, 1.54) is 12.1 Å². The largest absolute Gasteiger partial charge is 0.348 e. The predicted molar refractivity (Wildman–Crippen MR) is 125 cm³/mol. The van der Waals surface area contributed by atoms with Crippen molar-refractivity contribution in [3.8, 4) is 5.69 Å². The summed E-state index contributed by atoms with van der Waals surface area (Å²) in [7, 11) is 0. The summed E-state index contributed by atoms with van der Waals surface area (Å²) in [6.07, 6.45) is 3.00. The Hall–Kier alpha value is -2.90. The van der Waals surface area contributed by atoms with Crippen molar-refractivity contribution >= 4 is 35.0 Å². The molecule has 4 rings (SSSR count). The number of amides is 2. The van der Waals surface area contributed by atoms with Crippen LogP contribution in [0.4, 0.5) is 4.39 Å².